The normalized spacial score (nSPS) is 19.8. The lowest BCUT2D eigenvalue weighted by Gasteiger charge is -2.12. The number of carbonyl (C=O) groups excluding carboxylic acids is 1. The fraction of sp³-hybridized carbons (Fsp3) is 0.417. The van der Waals surface area contributed by atoms with Gasteiger partial charge in [0, 0.05) is 6.42 Å². The minimum absolute atomic E-state index is 0.229. The second kappa shape index (κ2) is 5.07. The van der Waals surface area contributed by atoms with Crippen molar-refractivity contribution in [1.29, 1.82) is 0 Å². The number of sulfonamides is 1. The molecule has 0 radical (unpaired) electrons. The first-order chi connectivity index (χ1) is 8.54. The van der Waals surface area contributed by atoms with Crippen LogP contribution in [-0.2, 0) is 26.0 Å². The maximum atomic E-state index is 12.2. The fourth-order valence-corrected chi connectivity index (χ4v) is 3.44. The van der Waals surface area contributed by atoms with Crippen LogP contribution < -0.4 is 4.72 Å². The highest BCUT2D eigenvalue weighted by Crippen LogP contribution is 2.18. The molecule has 0 bridgehead atoms. The van der Waals surface area contributed by atoms with E-state index in [4.69, 9.17) is 4.74 Å². The van der Waals surface area contributed by atoms with E-state index in [1.165, 1.54) is 0 Å². The molecular weight excluding hydrogens is 254 g/mol. The topological polar surface area (TPSA) is 72.5 Å². The summed E-state index contributed by atoms with van der Waals surface area (Å²) in [4.78, 5) is 11.5. The van der Waals surface area contributed by atoms with Crippen molar-refractivity contribution in [2.75, 3.05) is 6.61 Å². The Balaban J connectivity index is 2.28. The van der Waals surface area contributed by atoms with E-state index in [2.05, 4.69) is 4.72 Å². The summed E-state index contributed by atoms with van der Waals surface area (Å²) < 4.78 is 31.5. The Morgan fingerprint density at radius 1 is 1.39 bits per heavy atom. The van der Waals surface area contributed by atoms with Crippen LogP contribution in [0.5, 0.6) is 0 Å². The van der Waals surface area contributed by atoms with Crippen molar-refractivity contribution < 1.29 is 17.9 Å². The van der Waals surface area contributed by atoms with Gasteiger partial charge >= 0.3 is 5.97 Å². The molecule has 1 heterocycles. The molecule has 0 spiro atoms. The molecule has 0 aliphatic carbocycles. The van der Waals surface area contributed by atoms with E-state index in [0.29, 0.717) is 12.8 Å². The summed E-state index contributed by atoms with van der Waals surface area (Å²) >= 11 is 0. The minimum Gasteiger partial charge on any atom is -0.464 e. The molecule has 1 N–H and O–H groups in total. The lowest BCUT2D eigenvalue weighted by molar-refractivity contribution is -0.139. The van der Waals surface area contributed by atoms with Crippen molar-refractivity contribution in [2.45, 2.75) is 30.7 Å². The third-order valence-electron chi connectivity index (χ3n) is 2.88. The predicted molar refractivity (Wildman–Crippen MR) is 65.5 cm³/mol. The Hall–Kier alpha value is -1.40. The first kappa shape index (κ1) is 13.0. The largest absolute Gasteiger partial charge is 0.464 e. The van der Waals surface area contributed by atoms with E-state index >= 15 is 0 Å². The standard InChI is InChI=1S/C12H15NO4S/c1-2-9-5-3-4-6-11(9)18(15,16)13-10-7-8-17-12(10)14/h3-6,10,13H,2,7-8H2,1H3/t10-/m0/s1. The summed E-state index contributed by atoms with van der Waals surface area (Å²) in [7, 11) is -3.67. The highest BCUT2D eigenvalue weighted by Gasteiger charge is 2.31. The lowest BCUT2D eigenvalue weighted by atomic mass is 10.2. The van der Waals surface area contributed by atoms with Gasteiger partial charge in [0.15, 0.2) is 0 Å². The summed E-state index contributed by atoms with van der Waals surface area (Å²) in [6.45, 7) is 2.15. The highest BCUT2D eigenvalue weighted by atomic mass is 32.2. The van der Waals surface area contributed by atoms with Gasteiger partial charge in [-0.2, -0.15) is 4.72 Å². The molecule has 98 valence electrons. The molecule has 6 heteroatoms. The van der Waals surface area contributed by atoms with Crippen LogP contribution in [0.4, 0.5) is 0 Å². The van der Waals surface area contributed by atoms with Crippen LogP contribution in [0.3, 0.4) is 0 Å². The summed E-state index contributed by atoms with van der Waals surface area (Å²) in [5, 5.41) is 0. The number of cyclic esters (lactones) is 1. The van der Waals surface area contributed by atoms with Crippen molar-refractivity contribution in [1.82, 2.24) is 4.72 Å². The quantitative estimate of drug-likeness (QED) is 0.822. The van der Waals surface area contributed by atoms with Gasteiger partial charge in [0.1, 0.15) is 6.04 Å². The Kier molecular flexibility index (Phi) is 3.68. The van der Waals surface area contributed by atoms with Crippen LogP contribution in [0, 0.1) is 0 Å². The predicted octanol–water partition coefficient (Wildman–Crippen LogP) is 0.843. The minimum atomic E-state index is -3.67. The van der Waals surface area contributed by atoms with Crippen molar-refractivity contribution in [3.63, 3.8) is 0 Å². The van der Waals surface area contributed by atoms with Gasteiger partial charge in [0.05, 0.1) is 11.5 Å². The summed E-state index contributed by atoms with van der Waals surface area (Å²) in [6, 6.07) is 6.01. The Bertz CT molecular complexity index is 553. The van der Waals surface area contributed by atoms with Gasteiger partial charge in [0.25, 0.3) is 0 Å². The lowest BCUT2D eigenvalue weighted by Crippen LogP contribution is -2.38. The van der Waals surface area contributed by atoms with Crippen molar-refractivity contribution in [3.05, 3.63) is 29.8 Å². The Labute approximate surface area is 106 Å². The molecule has 5 nitrogen and oxygen atoms in total. The molecule has 18 heavy (non-hydrogen) atoms. The number of benzene rings is 1. The van der Waals surface area contributed by atoms with Gasteiger partial charge in [-0.25, -0.2) is 8.42 Å². The first-order valence-electron chi connectivity index (χ1n) is 5.81. The zero-order valence-corrected chi connectivity index (χ0v) is 10.9. The zero-order chi connectivity index (χ0) is 13.2. The molecule has 2 rings (SSSR count). The Morgan fingerprint density at radius 2 is 2.11 bits per heavy atom. The van der Waals surface area contributed by atoms with E-state index in [0.717, 1.165) is 5.56 Å². The number of hydrogen-bond donors (Lipinski definition) is 1. The average Bonchev–Trinajstić information content (AvgIpc) is 2.74. The summed E-state index contributed by atoms with van der Waals surface area (Å²) in [5.41, 5.74) is 0.733. The monoisotopic (exact) mass is 269 g/mol. The van der Waals surface area contributed by atoms with Gasteiger partial charge < -0.3 is 4.74 Å². The zero-order valence-electron chi connectivity index (χ0n) is 10.0. The third-order valence-corrected chi connectivity index (χ3v) is 4.45. The molecule has 1 aliphatic heterocycles. The maximum Gasteiger partial charge on any atom is 0.324 e. The number of esters is 1. The molecule has 0 aromatic heterocycles. The SMILES string of the molecule is CCc1ccccc1S(=O)(=O)N[C@H]1CCOC1=O. The number of hydrogen-bond acceptors (Lipinski definition) is 4. The number of rotatable bonds is 4. The van der Waals surface area contributed by atoms with Crippen LogP contribution >= 0.6 is 0 Å². The molecule has 1 aliphatic rings. The van der Waals surface area contributed by atoms with Gasteiger partial charge in [-0.3, -0.25) is 4.79 Å². The number of aryl methyl sites for hydroxylation is 1. The van der Waals surface area contributed by atoms with Crippen LogP contribution in [0.25, 0.3) is 0 Å². The molecule has 0 amide bonds. The maximum absolute atomic E-state index is 12.2. The molecule has 0 saturated carbocycles. The molecule has 1 saturated heterocycles. The van der Waals surface area contributed by atoms with Crippen LogP contribution in [0.15, 0.2) is 29.2 Å². The number of carbonyl (C=O) groups is 1. The summed E-state index contributed by atoms with van der Waals surface area (Å²) in [5.74, 6) is -0.507. The number of nitrogens with one attached hydrogen (secondary N) is 1. The Morgan fingerprint density at radius 3 is 2.72 bits per heavy atom. The molecule has 1 atom stereocenters. The van der Waals surface area contributed by atoms with Gasteiger partial charge in [-0.15, -0.1) is 0 Å². The average molecular weight is 269 g/mol. The number of ether oxygens (including phenoxy) is 1. The van der Waals surface area contributed by atoms with E-state index in [1.54, 1.807) is 24.3 Å². The van der Waals surface area contributed by atoms with Crippen LogP contribution in [0.2, 0.25) is 0 Å². The van der Waals surface area contributed by atoms with Crippen molar-refractivity contribution in [3.8, 4) is 0 Å². The second-order valence-corrected chi connectivity index (χ2v) is 5.77. The molecule has 1 aromatic rings. The van der Waals surface area contributed by atoms with Crippen LogP contribution in [-0.4, -0.2) is 27.0 Å². The van der Waals surface area contributed by atoms with Crippen molar-refractivity contribution >= 4 is 16.0 Å². The molecular formula is C12H15NO4S. The first-order valence-corrected chi connectivity index (χ1v) is 7.30. The van der Waals surface area contributed by atoms with Gasteiger partial charge in [-0.1, -0.05) is 25.1 Å². The van der Waals surface area contributed by atoms with Gasteiger partial charge in [-0.05, 0) is 18.1 Å². The van der Waals surface area contributed by atoms with E-state index in [1.807, 2.05) is 6.92 Å². The molecule has 1 fully saturated rings. The highest BCUT2D eigenvalue weighted by molar-refractivity contribution is 7.89. The van der Waals surface area contributed by atoms with E-state index in [-0.39, 0.29) is 11.5 Å². The van der Waals surface area contributed by atoms with Crippen molar-refractivity contribution in [2.24, 2.45) is 0 Å². The third kappa shape index (κ3) is 2.54. The van der Waals surface area contributed by atoms with Gasteiger partial charge in [0.2, 0.25) is 10.0 Å². The smallest absolute Gasteiger partial charge is 0.324 e. The van der Waals surface area contributed by atoms with E-state index in [9.17, 15) is 13.2 Å². The molecule has 0 unspecified atom stereocenters. The molecule has 1 aromatic carbocycles. The summed E-state index contributed by atoms with van der Waals surface area (Å²) in [6.07, 6.45) is 0.999. The van der Waals surface area contributed by atoms with Crippen LogP contribution in [0.1, 0.15) is 18.9 Å². The van der Waals surface area contributed by atoms with E-state index < -0.39 is 22.0 Å². The fourth-order valence-electron chi connectivity index (χ4n) is 1.91. The second-order valence-electron chi connectivity index (χ2n) is 4.09.